The summed E-state index contributed by atoms with van der Waals surface area (Å²) < 4.78 is 5.07. The summed E-state index contributed by atoms with van der Waals surface area (Å²) in [6, 6.07) is 0. The molecule has 0 spiro atoms. The van der Waals surface area contributed by atoms with Crippen molar-refractivity contribution in [3.05, 3.63) is 25.3 Å². The molecule has 2 nitrogen and oxygen atoms in total. The summed E-state index contributed by atoms with van der Waals surface area (Å²) in [6.45, 7) is 8.62. The van der Waals surface area contributed by atoms with Gasteiger partial charge < -0.3 is 0 Å². The Morgan fingerprint density at radius 1 is 1.45 bits per heavy atom. The Morgan fingerprint density at radius 2 is 1.91 bits per heavy atom. The number of rotatable bonds is 5. The zero-order valence-electron chi connectivity index (χ0n) is 6.62. The van der Waals surface area contributed by atoms with E-state index < -0.39 is 17.1 Å². The van der Waals surface area contributed by atoms with Crippen LogP contribution in [0.15, 0.2) is 25.3 Å². The van der Waals surface area contributed by atoms with Gasteiger partial charge in [0.1, 0.15) is 0 Å². The van der Waals surface area contributed by atoms with E-state index >= 15 is 0 Å². The van der Waals surface area contributed by atoms with Crippen LogP contribution in [0.2, 0.25) is 9.79 Å². The Hall–Kier alpha value is -0.388. The maximum atomic E-state index is 10.5. The van der Waals surface area contributed by atoms with E-state index in [2.05, 4.69) is 13.2 Å². The fourth-order valence-electron chi connectivity index (χ4n) is 0.438. The SMILES string of the molecule is C=C[CH2][Pd]([CH2]C=C)[O]C(C)=O. The molecule has 0 fully saturated rings. The molecule has 0 amide bonds. The summed E-state index contributed by atoms with van der Waals surface area (Å²) in [7, 11) is 0. The summed E-state index contributed by atoms with van der Waals surface area (Å²) in [6.07, 6.45) is 3.57. The molecule has 0 saturated heterocycles. The van der Waals surface area contributed by atoms with Gasteiger partial charge in [-0.1, -0.05) is 0 Å². The molecule has 0 atom stereocenters. The molecule has 11 heavy (non-hydrogen) atoms. The van der Waals surface area contributed by atoms with Gasteiger partial charge in [0.25, 0.3) is 0 Å². The first-order valence-electron chi connectivity index (χ1n) is 3.12. The van der Waals surface area contributed by atoms with Crippen molar-refractivity contribution < 1.29 is 25.4 Å². The van der Waals surface area contributed by atoms with Gasteiger partial charge in [-0.25, -0.2) is 0 Å². The third kappa shape index (κ3) is 6.03. The van der Waals surface area contributed by atoms with Gasteiger partial charge in [-0.3, -0.25) is 0 Å². The van der Waals surface area contributed by atoms with Crippen molar-refractivity contribution in [3.8, 4) is 0 Å². The zero-order valence-corrected chi connectivity index (χ0v) is 8.17. The predicted octanol–water partition coefficient (Wildman–Crippen LogP) is 2.29. The van der Waals surface area contributed by atoms with Crippen LogP contribution in [0.3, 0.4) is 0 Å². The molecule has 0 aromatic carbocycles. The molecule has 3 heteroatoms. The van der Waals surface area contributed by atoms with Gasteiger partial charge in [0, 0.05) is 0 Å². The molecule has 0 aliphatic carbocycles. The molecule has 0 unspecified atom stereocenters. The third-order valence-electron chi connectivity index (χ3n) is 0.653. The number of carbonyl (C=O) groups is 1. The van der Waals surface area contributed by atoms with Gasteiger partial charge >= 0.3 is 73.4 Å². The van der Waals surface area contributed by atoms with E-state index in [4.69, 9.17) is 3.46 Å². The van der Waals surface area contributed by atoms with Crippen LogP contribution < -0.4 is 0 Å². The topological polar surface area (TPSA) is 26.3 Å². The minimum absolute atomic E-state index is 0.199. The Balaban J connectivity index is 3.76. The standard InChI is InChI=1S/2C3H5.C2H4O2.Pd/c2*1-3-2;1-2(3)4;/h2*3H,1-2H2;1H3,(H,3,4);/q;;;+1/p-1. The van der Waals surface area contributed by atoms with Crippen LogP contribution in [0.25, 0.3) is 0 Å². The molecule has 0 N–H and O–H groups in total. The van der Waals surface area contributed by atoms with Crippen molar-refractivity contribution in [2.75, 3.05) is 0 Å². The number of carbonyl (C=O) groups excluding carboxylic acids is 1. The summed E-state index contributed by atoms with van der Waals surface area (Å²) in [4.78, 5) is 12.1. The minimum atomic E-state index is -1.17. The molecule has 0 aromatic rings. The van der Waals surface area contributed by atoms with E-state index in [-0.39, 0.29) is 5.97 Å². The first-order chi connectivity index (χ1) is 5.20. The molecule has 0 heterocycles. The van der Waals surface area contributed by atoms with Crippen LogP contribution in [0.1, 0.15) is 6.92 Å². The Morgan fingerprint density at radius 3 is 2.18 bits per heavy atom. The third-order valence-corrected chi connectivity index (χ3v) is 3.86. The van der Waals surface area contributed by atoms with Gasteiger partial charge in [0.15, 0.2) is 0 Å². The van der Waals surface area contributed by atoms with E-state index in [1.807, 2.05) is 0 Å². The van der Waals surface area contributed by atoms with Crippen LogP contribution in [0.4, 0.5) is 0 Å². The molecule has 0 bridgehead atoms. The van der Waals surface area contributed by atoms with Crippen molar-refractivity contribution in [2.45, 2.75) is 16.7 Å². The summed E-state index contributed by atoms with van der Waals surface area (Å²) >= 11 is -1.17. The van der Waals surface area contributed by atoms with Gasteiger partial charge in [-0.05, 0) is 0 Å². The average molecular weight is 248 g/mol. The van der Waals surface area contributed by atoms with Crippen molar-refractivity contribution in [2.24, 2.45) is 0 Å². The molecule has 0 aliphatic rings. The van der Waals surface area contributed by atoms with Crippen LogP contribution in [0, 0.1) is 0 Å². The monoisotopic (exact) mass is 247 g/mol. The van der Waals surface area contributed by atoms with Crippen LogP contribution >= 0.6 is 0 Å². The van der Waals surface area contributed by atoms with Gasteiger partial charge in [0.05, 0.1) is 0 Å². The molecule has 0 aromatic heterocycles. The van der Waals surface area contributed by atoms with E-state index in [1.165, 1.54) is 6.92 Å². The first-order valence-corrected chi connectivity index (χ1v) is 5.95. The number of allylic oxidation sites excluding steroid dienone is 2. The molecule has 0 radical (unpaired) electrons. The quantitative estimate of drug-likeness (QED) is 0.550. The van der Waals surface area contributed by atoms with E-state index in [0.29, 0.717) is 0 Å². The summed E-state index contributed by atoms with van der Waals surface area (Å²) in [5.41, 5.74) is 0. The van der Waals surface area contributed by atoms with Crippen molar-refractivity contribution in [1.82, 2.24) is 0 Å². The average Bonchev–Trinajstić information content (AvgIpc) is 1.87. The number of hydrogen-bond acceptors (Lipinski definition) is 2. The van der Waals surface area contributed by atoms with Gasteiger partial charge in [-0.15, -0.1) is 0 Å². The molecule has 67 valence electrons. The molecule has 0 rings (SSSR count). The number of hydrogen-bond donors (Lipinski definition) is 0. The fraction of sp³-hybridized carbons (Fsp3) is 0.375. The zero-order chi connectivity index (χ0) is 8.69. The van der Waals surface area contributed by atoms with Crippen molar-refractivity contribution in [1.29, 1.82) is 0 Å². The van der Waals surface area contributed by atoms with Crippen molar-refractivity contribution >= 4 is 5.97 Å². The Bertz CT molecular complexity index is 144. The van der Waals surface area contributed by atoms with E-state index in [0.717, 1.165) is 9.79 Å². The van der Waals surface area contributed by atoms with Crippen molar-refractivity contribution in [3.63, 3.8) is 0 Å². The van der Waals surface area contributed by atoms with Gasteiger partial charge in [-0.2, -0.15) is 0 Å². The normalized spacial score (nSPS) is 10.1. The maximum absolute atomic E-state index is 10.5. The fourth-order valence-corrected chi connectivity index (χ4v) is 2.59. The molecular formula is C8H13O2Pd. The van der Waals surface area contributed by atoms with Crippen LogP contribution in [0.5, 0.6) is 0 Å². The summed E-state index contributed by atoms with van der Waals surface area (Å²) in [5.74, 6) is -0.199. The van der Waals surface area contributed by atoms with Gasteiger partial charge in [0.2, 0.25) is 0 Å². The predicted molar refractivity (Wildman–Crippen MR) is 41.8 cm³/mol. The molecule has 0 saturated carbocycles. The Kier molecular flexibility index (Phi) is 6.11. The van der Waals surface area contributed by atoms with E-state index in [1.54, 1.807) is 12.2 Å². The van der Waals surface area contributed by atoms with Crippen LogP contribution in [-0.2, 0) is 25.4 Å². The molecular weight excluding hydrogens is 235 g/mol. The summed E-state index contributed by atoms with van der Waals surface area (Å²) in [5, 5.41) is 0. The van der Waals surface area contributed by atoms with E-state index in [9.17, 15) is 4.79 Å². The second kappa shape index (κ2) is 6.33. The van der Waals surface area contributed by atoms with Crippen LogP contribution in [-0.4, -0.2) is 5.97 Å². The first kappa shape index (κ1) is 10.6. The molecule has 0 aliphatic heterocycles. The second-order valence-electron chi connectivity index (χ2n) is 1.73. The Labute approximate surface area is 73.7 Å². The second-order valence-corrected chi connectivity index (χ2v) is 4.99.